The Morgan fingerprint density at radius 1 is 1.25 bits per heavy atom. The normalized spacial score (nSPS) is 12.1. The van der Waals surface area contributed by atoms with Crippen molar-refractivity contribution in [3.8, 4) is 0 Å². The highest BCUT2D eigenvalue weighted by Gasteiger charge is 2.18. The topological polar surface area (TPSA) is 105 Å². The van der Waals surface area contributed by atoms with Crippen molar-refractivity contribution < 1.29 is 19.2 Å². The lowest BCUT2D eigenvalue weighted by Crippen LogP contribution is -2.30. The van der Waals surface area contributed by atoms with Crippen molar-refractivity contribution >= 4 is 11.9 Å². The van der Waals surface area contributed by atoms with Gasteiger partial charge in [0.25, 0.3) is 0 Å². The molecule has 0 bridgehead atoms. The molecule has 24 heavy (non-hydrogen) atoms. The van der Waals surface area contributed by atoms with E-state index in [0.717, 1.165) is 5.56 Å². The van der Waals surface area contributed by atoms with Crippen LogP contribution in [0.25, 0.3) is 0 Å². The molecule has 7 nitrogen and oxygen atoms in total. The van der Waals surface area contributed by atoms with Crippen LogP contribution < -0.4 is 5.32 Å². The van der Waals surface area contributed by atoms with E-state index in [-0.39, 0.29) is 24.7 Å². The number of carbonyl (C=O) groups excluding carboxylic acids is 1. The van der Waals surface area contributed by atoms with Crippen LogP contribution in [0.5, 0.6) is 0 Å². The number of nitrogens with one attached hydrogen (secondary N) is 1. The van der Waals surface area contributed by atoms with Gasteiger partial charge in [-0.2, -0.15) is 4.98 Å². The summed E-state index contributed by atoms with van der Waals surface area (Å²) < 4.78 is 5.10. The van der Waals surface area contributed by atoms with E-state index in [0.29, 0.717) is 18.1 Å². The standard InChI is InChI=1S/C17H21N3O4/c1-11(2)17-19-15(24-20-17)9-8-14(21)18-13(10-16(22)23)12-6-4-3-5-7-12/h3-7,11,13H,8-10H2,1-2H3,(H,18,21)(H,22,23)/t13-/m0/s1. The van der Waals surface area contributed by atoms with Gasteiger partial charge < -0.3 is 14.9 Å². The van der Waals surface area contributed by atoms with Gasteiger partial charge in [0.15, 0.2) is 5.82 Å². The summed E-state index contributed by atoms with van der Waals surface area (Å²) in [6.07, 6.45) is 0.302. The molecule has 0 spiro atoms. The Morgan fingerprint density at radius 2 is 1.96 bits per heavy atom. The molecular weight excluding hydrogens is 310 g/mol. The Bertz CT molecular complexity index is 682. The first-order chi connectivity index (χ1) is 11.5. The predicted octanol–water partition coefficient (Wildman–Crippen LogP) is 2.46. The Morgan fingerprint density at radius 3 is 2.54 bits per heavy atom. The van der Waals surface area contributed by atoms with Crippen molar-refractivity contribution in [2.45, 2.75) is 45.1 Å². The molecule has 0 saturated carbocycles. The maximum Gasteiger partial charge on any atom is 0.305 e. The minimum atomic E-state index is -0.970. The largest absolute Gasteiger partial charge is 0.481 e. The first-order valence-electron chi connectivity index (χ1n) is 7.84. The van der Waals surface area contributed by atoms with Crippen LogP contribution in [-0.4, -0.2) is 27.1 Å². The van der Waals surface area contributed by atoms with Crippen LogP contribution >= 0.6 is 0 Å². The molecule has 7 heteroatoms. The summed E-state index contributed by atoms with van der Waals surface area (Å²) in [6, 6.07) is 8.47. The summed E-state index contributed by atoms with van der Waals surface area (Å²) in [5.74, 6) is -0.0480. The molecule has 2 N–H and O–H groups in total. The smallest absolute Gasteiger partial charge is 0.305 e. The number of aromatic nitrogens is 2. The average Bonchev–Trinajstić information content (AvgIpc) is 3.02. The minimum Gasteiger partial charge on any atom is -0.481 e. The van der Waals surface area contributed by atoms with Crippen LogP contribution in [0.4, 0.5) is 0 Å². The molecule has 0 aliphatic rings. The molecule has 1 aromatic heterocycles. The van der Waals surface area contributed by atoms with Gasteiger partial charge in [-0.15, -0.1) is 0 Å². The fraction of sp³-hybridized carbons (Fsp3) is 0.412. The fourth-order valence-corrected chi connectivity index (χ4v) is 2.20. The molecule has 2 aromatic rings. The number of aliphatic carboxylic acids is 1. The predicted molar refractivity (Wildman–Crippen MR) is 86.3 cm³/mol. The molecular formula is C17H21N3O4. The zero-order valence-electron chi connectivity index (χ0n) is 13.7. The number of hydrogen-bond donors (Lipinski definition) is 2. The van der Waals surface area contributed by atoms with E-state index in [1.54, 1.807) is 12.1 Å². The molecule has 1 aromatic carbocycles. The molecule has 0 saturated heterocycles. The summed E-state index contributed by atoms with van der Waals surface area (Å²) in [5.41, 5.74) is 0.758. The molecule has 0 radical (unpaired) electrons. The summed E-state index contributed by atoms with van der Waals surface area (Å²) in [5, 5.41) is 15.6. The summed E-state index contributed by atoms with van der Waals surface area (Å²) >= 11 is 0. The molecule has 128 valence electrons. The second-order valence-electron chi connectivity index (χ2n) is 5.83. The van der Waals surface area contributed by atoms with Crippen molar-refractivity contribution in [1.82, 2.24) is 15.5 Å². The molecule has 1 amide bonds. The molecule has 0 aliphatic carbocycles. The highest BCUT2D eigenvalue weighted by molar-refractivity contribution is 5.77. The van der Waals surface area contributed by atoms with Crippen LogP contribution in [0.3, 0.4) is 0 Å². The van der Waals surface area contributed by atoms with Crippen LogP contribution in [0.1, 0.15) is 55.9 Å². The van der Waals surface area contributed by atoms with Crippen molar-refractivity contribution in [3.63, 3.8) is 0 Å². The van der Waals surface area contributed by atoms with Gasteiger partial charge in [-0.05, 0) is 5.56 Å². The highest BCUT2D eigenvalue weighted by Crippen LogP contribution is 2.17. The Hall–Kier alpha value is -2.70. The number of aryl methyl sites for hydroxylation is 1. The number of rotatable bonds is 8. The number of nitrogens with zero attached hydrogens (tertiary/aromatic N) is 2. The highest BCUT2D eigenvalue weighted by atomic mass is 16.5. The van der Waals surface area contributed by atoms with Crippen LogP contribution in [-0.2, 0) is 16.0 Å². The first kappa shape index (κ1) is 17.7. The van der Waals surface area contributed by atoms with Crippen LogP contribution in [0.2, 0.25) is 0 Å². The van der Waals surface area contributed by atoms with E-state index in [9.17, 15) is 9.59 Å². The summed E-state index contributed by atoms with van der Waals surface area (Å²) in [4.78, 5) is 27.4. The van der Waals surface area contributed by atoms with E-state index in [4.69, 9.17) is 9.63 Å². The zero-order chi connectivity index (χ0) is 17.5. The van der Waals surface area contributed by atoms with Crippen molar-refractivity contribution in [2.75, 3.05) is 0 Å². The molecule has 1 atom stereocenters. The van der Waals surface area contributed by atoms with Gasteiger partial charge in [-0.25, -0.2) is 0 Å². The van der Waals surface area contributed by atoms with Crippen LogP contribution in [0, 0.1) is 0 Å². The number of hydrogen-bond acceptors (Lipinski definition) is 5. The first-order valence-corrected chi connectivity index (χ1v) is 7.84. The minimum absolute atomic E-state index is 0.155. The summed E-state index contributed by atoms with van der Waals surface area (Å²) in [7, 11) is 0. The van der Waals surface area contributed by atoms with E-state index in [1.165, 1.54) is 0 Å². The van der Waals surface area contributed by atoms with Crippen molar-refractivity contribution in [1.29, 1.82) is 0 Å². The lowest BCUT2D eigenvalue weighted by Gasteiger charge is -2.17. The van der Waals surface area contributed by atoms with Gasteiger partial charge in [-0.1, -0.05) is 49.3 Å². The SMILES string of the molecule is CC(C)c1noc(CCC(=O)N[C@@H](CC(=O)O)c2ccccc2)n1. The van der Waals surface area contributed by atoms with Crippen molar-refractivity contribution in [3.05, 3.63) is 47.6 Å². The lowest BCUT2D eigenvalue weighted by molar-refractivity contribution is -0.137. The molecule has 0 unspecified atom stereocenters. The Balaban J connectivity index is 1.93. The molecule has 0 fully saturated rings. The Kier molecular flexibility index (Phi) is 6.06. The summed E-state index contributed by atoms with van der Waals surface area (Å²) in [6.45, 7) is 3.91. The van der Waals surface area contributed by atoms with Crippen molar-refractivity contribution in [2.24, 2.45) is 0 Å². The quantitative estimate of drug-likeness (QED) is 0.770. The van der Waals surface area contributed by atoms with Gasteiger partial charge in [-0.3, -0.25) is 9.59 Å². The second kappa shape index (κ2) is 8.24. The molecule has 1 heterocycles. The number of amides is 1. The maximum absolute atomic E-state index is 12.1. The third kappa shape index (κ3) is 5.19. The lowest BCUT2D eigenvalue weighted by atomic mass is 10.0. The third-order valence-corrected chi connectivity index (χ3v) is 3.48. The van der Waals surface area contributed by atoms with Gasteiger partial charge in [0.05, 0.1) is 12.5 Å². The van der Waals surface area contributed by atoms with Gasteiger partial charge in [0.2, 0.25) is 11.8 Å². The monoisotopic (exact) mass is 331 g/mol. The van der Waals surface area contributed by atoms with Gasteiger partial charge in [0.1, 0.15) is 0 Å². The molecule has 2 rings (SSSR count). The number of carboxylic acid groups (broad SMARTS) is 1. The number of carboxylic acids is 1. The average molecular weight is 331 g/mol. The van der Waals surface area contributed by atoms with E-state index >= 15 is 0 Å². The second-order valence-corrected chi connectivity index (χ2v) is 5.83. The van der Waals surface area contributed by atoms with Gasteiger partial charge in [0, 0.05) is 18.8 Å². The molecule has 0 aliphatic heterocycles. The Labute approximate surface area is 140 Å². The van der Waals surface area contributed by atoms with E-state index in [2.05, 4.69) is 15.5 Å². The number of carbonyl (C=O) groups is 2. The van der Waals surface area contributed by atoms with E-state index < -0.39 is 12.0 Å². The fourth-order valence-electron chi connectivity index (χ4n) is 2.20. The van der Waals surface area contributed by atoms with Gasteiger partial charge >= 0.3 is 5.97 Å². The third-order valence-electron chi connectivity index (χ3n) is 3.48. The van der Waals surface area contributed by atoms with E-state index in [1.807, 2.05) is 32.0 Å². The maximum atomic E-state index is 12.1. The number of benzene rings is 1. The van der Waals surface area contributed by atoms with Crippen LogP contribution in [0.15, 0.2) is 34.9 Å². The zero-order valence-corrected chi connectivity index (χ0v) is 13.7.